The van der Waals surface area contributed by atoms with Crippen LogP contribution in [0.2, 0.25) is 0 Å². The molecule has 1 saturated heterocycles. The molecule has 3 aromatic carbocycles. The zero-order valence-corrected chi connectivity index (χ0v) is 19.2. The number of nitrogens with one attached hydrogen (secondary N) is 1. The minimum absolute atomic E-state index is 0.0795. The maximum atomic E-state index is 13.5. The summed E-state index contributed by atoms with van der Waals surface area (Å²) in [4.78, 5) is 28.0. The van der Waals surface area contributed by atoms with Crippen LogP contribution in [0.25, 0.3) is 0 Å². The molecule has 5 nitrogen and oxygen atoms in total. The number of carbonyl (C=O) groups excluding carboxylic acids is 2. The fourth-order valence-corrected chi connectivity index (χ4v) is 4.88. The Morgan fingerprint density at radius 3 is 2.18 bits per heavy atom. The van der Waals surface area contributed by atoms with Crippen LogP contribution >= 0.6 is 11.8 Å². The summed E-state index contributed by atoms with van der Waals surface area (Å²) in [6, 6.07) is 26.6. The van der Waals surface area contributed by atoms with E-state index in [0.29, 0.717) is 22.8 Å². The molecule has 0 aliphatic carbocycles. The third kappa shape index (κ3) is 5.00. The molecule has 1 aliphatic rings. The van der Waals surface area contributed by atoms with Crippen molar-refractivity contribution in [2.75, 3.05) is 10.2 Å². The molecule has 0 spiro atoms. The van der Waals surface area contributed by atoms with Gasteiger partial charge in [-0.3, -0.25) is 14.5 Å². The van der Waals surface area contributed by atoms with Crippen LogP contribution in [-0.2, 0) is 16.0 Å². The molecular weight excluding hydrogens is 430 g/mol. The number of para-hydroxylation sites is 1. The third-order valence-electron chi connectivity index (χ3n) is 5.37. The molecule has 2 amide bonds. The van der Waals surface area contributed by atoms with Crippen LogP contribution < -0.4 is 10.2 Å². The van der Waals surface area contributed by atoms with Crippen LogP contribution in [0.1, 0.15) is 16.7 Å². The highest BCUT2D eigenvalue weighted by atomic mass is 32.2. The van der Waals surface area contributed by atoms with Crippen molar-refractivity contribution in [2.45, 2.75) is 25.5 Å². The van der Waals surface area contributed by atoms with Gasteiger partial charge in [0.25, 0.3) is 5.91 Å². The second-order valence-electron chi connectivity index (χ2n) is 7.92. The summed E-state index contributed by atoms with van der Waals surface area (Å²) < 4.78 is 0. The highest BCUT2D eigenvalue weighted by molar-refractivity contribution is 8.05. The van der Waals surface area contributed by atoms with Crippen LogP contribution in [0, 0.1) is 25.2 Å². The van der Waals surface area contributed by atoms with Gasteiger partial charge in [-0.1, -0.05) is 77.5 Å². The second kappa shape index (κ2) is 9.76. The van der Waals surface area contributed by atoms with Crippen molar-refractivity contribution in [2.24, 2.45) is 0 Å². The molecule has 164 valence electrons. The number of hydrogen-bond acceptors (Lipinski definition) is 4. The van der Waals surface area contributed by atoms with Crippen molar-refractivity contribution in [3.8, 4) is 6.07 Å². The van der Waals surface area contributed by atoms with Gasteiger partial charge in [0, 0.05) is 11.4 Å². The van der Waals surface area contributed by atoms with E-state index in [-0.39, 0.29) is 11.5 Å². The Morgan fingerprint density at radius 1 is 0.970 bits per heavy atom. The molecule has 0 bridgehead atoms. The molecule has 4 rings (SSSR count). The summed E-state index contributed by atoms with van der Waals surface area (Å²) in [6.07, 6.45) is 0.509. The second-order valence-corrected chi connectivity index (χ2v) is 9.11. The molecule has 1 fully saturated rings. The Bertz CT molecular complexity index is 1240. The van der Waals surface area contributed by atoms with Gasteiger partial charge in [-0.05, 0) is 50.1 Å². The van der Waals surface area contributed by atoms with E-state index in [1.807, 2.05) is 74.5 Å². The average molecular weight is 454 g/mol. The summed E-state index contributed by atoms with van der Waals surface area (Å²) in [6.45, 7) is 3.98. The first-order valence-corrected chi connectivity index (χ1v) is 11.5. The number of carbonyl (C=O) groups is 2. The zero-order chi connectivity index (χ0) is 23.4. The molecule has 1 N–H and O–H groups in total. The first kappa shape index (κ1) is 22.4. The van der Waals surface area contributed by atoms with Gasteiger partial charge >= 0.3 is 0 Å². The van der Waals surface area contributed by atoms with Gasteiger partial charge in [-0.15, -0.1) is 0 Å². The number of nitriles is 1. The lowest BCUT2D eigenvalue weighted by atomic mass is 10.1. The van der Waals surface area contributed by atoms with Crippen LogP contribution in [0.4, 0.5) is 11.4 Å². The van der Waals surface area contributed by atoms with Crippen LogP contribution in [0.3, 0.4) is 0 Å². The van der Waals surface area contributed by atoms with Gasteiger partial charge in [0.15, 0.2) is 0 Å². The number of amides is 2. The molecule has 0 radical (unpaired) electrons. The van der Waals surface area contributed by atoms with E-state index in [2.05, 4.69) is 5.32 Å². The SMILES string of the molecule is Cc1ccc(C[C@@H]2S/C(=C(/C#N)C(=O)Nc3ccc(C)cc3)N(c3ccccc3)C2=O)cc1. The lowest BCUT2D eigenvalue weighted by molar-refractivity contribution is -0.117. The van der Waals surface area contributed by atoms with Crippen molar-refractivity contribution in [3.63, 3.8) is 0 Å². The fourth-order valence-electron chi connectivity index (χ4n) is 3.57. The number of hydrogen-bond donors (Lipinski definition) is 1. The lowest BCUT2D eigenvalue weighted by Gasteiger charge is -2.18. The number of aryl methyl sites for hydroxylation is 2. The highest BCUT2D eigenvalue weighted by Gasteiger charge is 2.40. The summed E-state index contributed by atoms with van der Waals surface area (Å²) in [5.74, 6) is -0.675. The van der Waals surface area contributed by atoms with E-state index in [1.165, 1.54) is 16.7 Å². The Kier molecular flexibility index (Phi) is 6.62. The predicted molar refractivity (Wildman–Crippen MR) is 133 cm³/mol. The number of benzene rings is 3. The first-order valence-electron chi connectivity index (χ1n) is 10.6. The van der Waals surface area contributed by atoms with Crippen LogP contribution in [-0.4, -0.2) is 17.1 Å². The molecule has 0 unspecified atom stereocenters. The molecular formula is C27H23N3O2S. The molecule has 1 heterocycles. The van der Waals surface area contributed by atoms with Crippen molar-refractivity contribution in [1.82, 2.24) is 0 Å². The smallest absolute Gasteiger partial charge is 0.269 e. The van der Waals surface area contributed by atoms with Gasteiger partial charge in [0.1, 0.15) is 16.7 Å². The van der Waals surface area contributed by atoms with Crippen molar-refractivity contribution < 1.29 is 9.59 Å². The lowest BCUT2D eigenvalue weighted by Crippen LogP contribution is -2.30. The monoisotopic (exact) mass is 453 g/mol. The highest BCUT2D eigenvalue weighted by Crippen LogP contribution is 2.42. The summed E-state index contributed by atoms with van der Waals surface area (Å²) >= 11 is 1.27. The average Bonchev–Trinajstić information content (AvgIpc) is 3.13. The number of anilines is 2. The van der Waals surface area contributed by atoms with Gasteiger partial charge in [-0.2, -0.15) is 5.26 Å². The summed E-state index contributed by atoms with van der Waals surface area (Å²) in [7, 11) is 0. The van der Waals surface area contributed by atoms with Crippen molar-refractivity contribution in [1.29, 1.82) is 5.26 Å². The topological polar surface area (TPSA) is 73.2 Å². The fraction of sp³-hybridized carbons (Fsp3) is 0.148. The number of nitrogens with zero attached hydrogens (tertiary/aromatic N) is 2. The minimum atomic E-state index is -0.534. The van der Waals surface area contributed by atoms with Crippen molar-refractivity contribution >= 4 is 35.0 Å². The van der Waals surface area contributed by atoms with E-state index in [9.17, 15) is 14.9 Å². The third-order valence-corrected chi connectivity index (χ3v) is 6.63. The number of rotatable bonds is 5. The van der Waals surface area contributed by atoms with E-state index in [0.717, 1.165) is 16.7 Å². The van der Waals surface area contributed by atoms with Crippen LogP contribution in [0.5, 0.6) is 0 Å². The van der Waals surface area contributed by atoms with E-state index < -0.39 is 11.2 Å². The van der Waals surface area contributed by atoms with Gasteiger partial charge in [0.05, 0.1) is 5.25 Å². The van der Waals surface area contributed by atoms with Gasteiger partial charge < -0.3 is 5.32 Å². The van der Waals surface area contributed by atoms with E-state index in [1.54, 1.807) is 24.3 Å². The van der Waals surface area contributed by atoms with Crippen LogP contribution in [0.15, 0.2) is 89.5 Å². The Labute approximate surface area is 197 Å². The molecule has 0 aromatic heterocycles. The molecule has 33 heavy (non-hydrogen) atoms. The molecule has 0 saturated carbocycles. The van der Waals surface area contributed by atoms with E-state index >= 15 is 0 Å². The quantitative estimate of drug-likeness (QED) is 0.416. The minimum Gasteiger partial charge on any atom is -0.321 e. The summed E-state index contributed by atoms with van der Waals surface area (Å²) in [5, 5.41) is 12.6. The van der Waals surface area contributed by atoms with Crippen molar-refractivity contribution in [3.05, 3.63) is 106 Å². The zero-order valence-electron chi connectivity index (χ0n) is 18.4. The maximum Gasteiger partial charge on any atom is 0.269 e. The largest absolute Gasteiger partial charge is 0.321 e. The first-order chi connectivity index (χ1) is 16.0. The maximum absolute atomic E-state index is 13.5. The normalized spacial score (nSPS) is 16.9. The Hall–Kier alpha value is -3.82. The van der Waals surface area contributed by atoms with Gasteiger partial charge in [0.2, 0.25) is 5.91 Å². The predicted octanol–water partition coefficient (Wildman–Crippen LogP) is 5.37. The molecule has 6 heteroatoms. The Balaban J connectivity index is 1.70. The standard InChI is InChI=1S/C27H23N3O2S/c1-18-8-12-20(13-9-18)16-24-26(32)30(22-6-4-3-5-7-22)27(33-24)23(17-28)25(31)29-21-14-10-19(2)11-15-21/h3-15,24H,16H2,1-2H3,(H,29,31)/b27-23-/t24-/m0/s1. The molecule has 1 aliphatic heterocycles. The molecule has 1 atom stereocenters. The molecule has 3 aromatic rings. The summed E-state index contributed by atoms with van der Waals surface area (Å²) in [5.41, 5.74) is 4.39. The van der Waals surface area contributed by atoms with E-state index in [4.69, 9.17) is 0 Å². The number of thioether (sulfide) groups is 1. The van der Waals surface area contributed by atoms with Gasteiger partial charge in [-0.25, -0.2) is 0 Å². The Morgan fingerprint density at radius 2 is 1.58 bits per heavy atom.